The molecule has 5 rings (SSSR count). The number of rotatable bonds is 2. The minimum atomic E-state index is -0.316. The molecule has 0 unspecified atom stereocenters. The number of hydrogen-bond donors (Lipinski definition) is 0. The first kappa shape index (κ1) is 20.0. The number of nitrogens with zero attached hydrogens (tertiary/aromatic N) is 4. The van der Waals surface area contributed by atoms with E-state index in [1.807, 2.05) is 49.6 Å². The third kappa shape index (κ3) is 3.42. The zero-order valence-electron chi connectivity index (χ0n) is 18.0. The number of halogens is 1. The lowest BCUT2D eigenvalue weighted by Crippen LogP contribution is -2.09. The first-order valence-electron chi connectivity index (χ1n) is 10.5. The maximum Gasteiger partial charge on any atom is 0.181 e. The monoisotopic (exact) mass is 424 g/mol. The number of aliphatic imine (C=N–C) groups is 1. The molecule has 2 aromatic carbocycles. The van der Waals surface area contributed by atoms with E-state index in [4.69, 9.17) is 9.41 Å². The van der Waals surface area contributed by atoms with Gasteiger partial charge in [0.2, 0.25) is 0 Å². The molecule has 0 aliphatic carbocycles. The highest BCUT2D eigenvalue weighted by Gasteiger charge is 2.28. The van der Waals surface area contributed by atoms with Gasteiger partial charge in [-0.1, -0.05) is 37.8 Å². The summed E-state index contributed by atoms with van der Waals surface area (Å²) in [6.45, 7) is 6.07. The van der Waals surface area contributed by atoms with Gasteiger partial charge in [-0.2, -0.15) is 0 Å². The van der Waals surface area contributed by atoms with Crippen LogP contribution in [0.2, 0.25) is 0 Å². The highest BCUT2D eigenvalue weighted by Crippen LogP contribution is 2.36. The van der Waals surface area contributed by atoms with Gasteiger partial charge < -0.3 is 4.42 Å². The highest BCUT2D eigenvalue weighted by atomic mass is 19.1. The number of fused-ring (bicyclic) bond motifs is 3. The van der Waals surface area contributed by atoms with Gasteiger partial charge in [-0.15, -0.1) is 0 Å². The second-order valence-electron chi connectivity index (χ2n) is 8.00. The third-order valence-electron chi connectivity index (χ3n) is 5.33. The van der Waals surface area contributed by atoms with Crippen molar-refractivity contribution in [1.29, 1.82) is 0 Å². The molecule has 3 heterocycles. The molecule has 2 aromatic heterocycles. The molecule has 1 aliphatic rings. The van der Waals surface area contributed by atoms with E-state index in [2.05, 4.69) is 21.8 Å². The van der Waals surface area contributed by atoms with Gasteiger partial charge in [-0.05, 0) is 37.3 Å². The summed E-state index contributed by atoms with van der Waals surface area (Å²) in [6.07, 6.45) is 4.76. The van der Waals surface area contributed by atoms with Crippen LogP contribution in [0.5, 0.6) is 0 Å². The van der Waals surface area contributed by atoms with Crippen LogP contribution in [-0.4, -0.2) is 20.2 Å². The number of oxazole rings is 1. The average Bonchev–Trinajstić information content (AvgIpc) is 3.44. The zero-order chi connectivity index (χ0) is 22.2. The van der Waals surface area contributed by atoms with Crippen molar-refractivity contribution >= 4 is 5.71 Å². The molecule has 0 radical (unpaired) electrons. The summed E-state index contributed by atoms with van der Waals surface area (Å²) in [5, 5.41) is 0. The first-order chi connectivity index (χ1) is 15.5. The number of hydrogen-bond acceptors (Lipinski definition) is 4. The van der Waals surface area contributed by atoms with Crippen molar-refractivity contribution in [2.75, 3.05) is 0 Å². The lowest BCUT2D eigenvalue weighted by atomic mass is 9.97. The van der Waals surface area contributed by atoms with E-state index in [-0.39, 0.29) is 17.8 Å². The molecule has 0 fully saturated rings. The fraction of sp³-hybridized carbons (Fsp3) is 0.192. The van der Waals surface area contributed by atoms with Gasteiger partial charge in [0.05, 0.1) is 29.3 Å². The molecule has 32 heavy (non-hydrogen) atoms. The summed E-state index contributed by atoms with van der Waals surface area (Å²) in [6, 6.07) is 12.4. The van der Waals surface area contributed by atoms with Crippen LogP contribution in [0.15, 0.2) is 70.8 Å². The topological polar surface area (TPSA) is 56.2 Å². The highest BCUT2D eigenvalue weighted by molar-refractivity contribution is 6.15. The van der Waals surface area contributed by atoms with Crippen molar-refractivity contribution in [3.8, 4) is 29.0 Å². The molecule has 6 heteroatoms. The summed E-state index contributed by atoms with van der Waals surface area (Å²) in [4.78, 5) is 13.6. The molecule has 0 N–H and O–H groups in total. The van der Waals surface area contributed by atoms with Gasteiger partial charge in [0.1, 0.15) is 17.8 Å². The minimum Gasteiger partial charge on any atom is -0.442 e. The van der Waals surface area contributed by atoms with Gasteiger partial charge in [0.15, 0.2) is 12.2 Å². The Morgan fingerprint density at radius 2 is 1.97 bits per heavy atom. The Morgan fingerprint density at radius 1 is 1.12 bits per heavy atom. The quantitative estimate of drug-likeness (QED) is 0.395. The van der Waals surface area contributed by atoms with Gasteiger partial charge in [0.25, 0.3) is 0 Å². The fourth-order valence-corrected chi connectivity index (χ4v) is 3.91. The normalized spacial score (nSPS) is 14.8. The van der Waals surface area contributed by atoms with E-state index in [1.165, 1.54) is 12.5 Å². The van der Waals surface area contributed by atoms with Crippen LogP contribution < -0.4 is 0 Å². The molecule has 0 spiro atoms. The van der Waals surface area contributed by atoms with Gasteiger partial charge in [-0.3, -0.25) is 9.56 Å². The Kier molecular flexibility index (Phi) is 4.95. The van der Waals surface area contributed by atoms with Crippen molar-refractivity contribution in [3.63, 3.8) is 0 Å². The largest absolute Gasteiger partial charge is 0.442 e. The van der Waals surface area contributed by atoms with Gasteiger partial charge >= 0.3 is 0 Å². The Morgan fingerprint density at radius 3 is 2.72 bits per heavy atom. The molecule has 1 atom stereocenters. The van der Waals surface area contributed by atoms with Crippen LogP contribution in [-0.2, 0) is 0 Å². The fourth-order valence-electron chi connectivity index (χ4n) is 3.91. The van der Waals surface area contributed by atoms with Crippen molar-refractivity contribution < 1.29 is 8.81 Å². The summed E-state index contributed by atoms with van der Waals surface area (Å²) >= 11 is 0. The van der Waals surface area contributed by atoms with Crippen LogP contribution in [0.25, 0.3) is 17.1 Å². The Bertz CT molecular complexity index is 1390. The molecule has 4 aromatic rings. The molecule has 0 amide bonds. The summed E-state index contributed by atoms with van der Waals surface area (Å²) < 4.78 is 22.4. The van der Waals surface area contributed by atoms with Crippen LogP contribution >= 0.6 is 0 Å². The Hall–Kier alpha value is -3.98. The summed E-state index contributed by atoms with van der Waals surface area (Å²) in [5.41, 5.74) is 5.09. The third-order valence-corrected chi connectivity index (χ3v) is 5.33. The van der Waals surface area contributed by atoms with E-state index in [0.717, 1.165) is 22.5 Å². The van der Waals surface area contributed by atoms with E-state index >= 15 is 0 Å². The smallest absolute Gasteiger partial charge is 0.181 e. The molecular weight excluding hydrogens is 403 g/mol. The van der Waals surface area contributed by atoms with Crippen molar-refractivity contribution in [2.24, 2.45) is 10.9 Å². The molecular formula is C26H21FN4O. The number of benzene rings is 2. The zero-order valence-corrected chi connectivity index (χ0v) is 18.0. The van der Waals surface area contributed by atoms with Crippen LogP contribution in [0.1, 0.15) is 49.2 Å². The molecule has 1 aliphatic heterocycles. The van der Waals surface area contributed by atoms with Crippen LogP contribution in [0, 0.1) is 23.6 Å². The lowest BCUT2D eigenvalue weighted by molar-refractivity contribution is 0.568. The van der Waals surface area contributed by atoms with Crippen molar-refractivity contribution in [3.05, 3.63) is 89.6 Å². The van der Waals surface area contributed by atoms with E-state index < -0.39 is 0 Å². The van der Waals surface area contributed by atoms with Crippen LogP contribution in [0.4, 0.5) is 4.39 Å². The average molecular weight is 424 g/mol. The molecule has 158 valence electrons. The maximum absolute atomic E-state index is 14.9. The molecule has 0 saturated carbocycles. The minimum absolute atomic E-state index is 0.248. The van der Waals surface area contributed by atoms with Gasteiger partial charge in [-0.25, -0.2) is 14.4 Å². The number of aromatic nitrogens is 3. The molecule has 0 saturated heterocycles. The molecule has 5 nitrogen and oxygen atoms in total. The SMILES string of the molecule is CC(C)C#Cc1ccc2c(c1)C(c1ccccc1F)=N[C@@H](C)c1c(-c3cnco3)ncn1-2. The Balaban J connectivity index is 1.78. The summed E-state index contributed by atoms with van der Waals surface area (Å²) in [7, 11) is 0. The second-order valence-corrected chi connectivity index (χ2v) is 8.00. The predicted octanol–water partition coefficient (Wildman–Crippen LogP) is 5.59. The standard InChI is InChI=1S/C26H21FN4O/c1-16(2)8-9-18-10-11-22-20(12-18)24(19-6-4-5-7-21(19)27)30-17(3)26-25(29-14-31(22)26)23-13-28-15-32-23/h4-7,10-17H,1-3H3/t17-/m0/s1. The van der Waals surface area contributed by atoms with E-state index in [9.17, 15) is 4.39 Å². The predicted molar refractivity (Wildman–Crippen MR) is 121 cm³/mol. The van der Waals surface area contributed by atoms with Crippen molar-refractivity contribution in [2.45, 2.75) is 26.8 Å². The van der Waals surface area contributed by atoms with Crippen molar-refractivity contribution in [1.82, 2.24) is 14.5 Å². The summed E-state index contributed by atoms with van der Waals surface area (Å²) in [5.74, 6) is 6.91. The second kappa shape index (κ2) is 7.93. The molecule has 0 bridgehead atoms. The van der Waals surface area contributed by atoms with E-state index in [1.54, 1.807) is 24.7 Å². The first-order valence-corrected chi connectivity index (χ1v) is 10.5. The van der Waals surface area contributed by atoms with Gasteiger partial charge in [0, 0.05) is 22.6 Å². The van der Waals surface area contributed by atoms with Crippen LogP contribution in [0.3, 0.4) is 0 Å². The maximum atomic E-state index is 14.9. The van der Waals surface area contributed by atoms with E-state index in [0.29, 0.717) is 22.7 Å². The lowest BCUT2D eigenvalue weighted by Gasteiger charge is -2.13. The Labute approximate surface area is 185 Å². The number of imidazole rings is 1.